The van der Waals surface area contributed by atoms with Crippen LogP contribution in [0.2, 0.25) is 0 Å². The summed E-state index contributed by atoms with van der Waals surface area (Å²) < 4.78 is 12.9. The molecule has 0 spiro atoms. The summed E-state index contributed by atoms with van der Waals surface area (Å²) in [6.07, 6.45) is 2.42. The Balaban J connectivity index is 1.75. The predicted molar refractivity (Wildman–Crippen MR) is 95.1 cm³/mol. The molecule has 1 aromatic heterocycles. The number of fused-ring (bicyclic) bond motifs is 1. The normalized spacial score (nSPS) is 19.0. The number of rotatable bonds is 4. The molecule has 2 atom stereocenters. The van der Waals surface area contributed by atoms with E-state index in [0.717, 1.165) is 35.0 Å². The lowest BCUT2D eigenvalue weighted by atomic mass is 9.93. The second-order valence-corrected chi connectivity index (χ2v) is 6.00. The summed E-state index contributed by atoms with van der Waals surface area (Å²) in [5.41, 5.74) is 2.26. The topological polar surface area (TPSA) is 61.2 Å². The van der Waals surface area contributed by atoms with Gasteiger partial charge in [0.2, 0.25) is 5.95 Å². The van der Waals surface area contributed by atoms with Crippen molar-refractivity contribution in [2.24, 2.45) is 0 Å². The first kappa shape index (κ1) is 15.5. The fraction of sp³-hybridized carbons (Fsp3) is 0.263. The highest BCUT2D eigenvalue weighted by molar-refractivity contribution is 5.43. The van der Waals surface area contributed by atoms with Crippen molar-refractivity contribution in [2.45, 2.75) is 18.5 Å². The van der Waals surface area contributed by atoms with Gasteiger partial charge in [-0.2, -0.15) is 10.1 Å². The van der Waals surface area contributed by atoms with E-state index in [1.807, 2.05) is 35.0 Å². The third-order valence-corrected chi connectivity index (χ3v) is 4.62. The summed E-state index contributed by atoms with van der Waals surface area (Å²) >= 11 is 0. The molecule has 1 aliphatic heterocycles. The number of hydrogen-bond acceptors (Lipinski definition) is 5. The lowest BCUT2D eigenvalue weighted by Gasteiger charge is -2.32. The first-order valence-corrected chi connectivity index (χ1v) is 8.23. The number of ether oxygens (including phenoxy) is 2. The van der Waals surface area contributed by atoms with Gasteiger partial charge in [-0.1, -0.05) is 30.3 Å². The van der Waals surface area contributed by atoms with Gasteiger partial charge in [0.25, 0.3) is 0 Å². The molecule has 3 aromatic rings. The maximum atomic E-state index is 5.57. The van der Waals surface area contributed by atoms with E-state index >= 15 is 0 Å². The summed E-state index contributed by atoms with van der Waals surface area (Å²) in [6, 6.07) is 16.3. The second-order valence-electron chi connectivity index (χ2n) is 6.00. The number of nitrogens with zero attached hydrogens (tertiary/aromatic N) is 3. The van der Waals surface area contributed by atoms with Crippen molar-refractivity contribution in [1.82, 2.24) is 14.8 Å². The number of methoxy groups -OCH3 is 2. The molecule has 0 bridgehead atoms. The Morgan fingerprint density at radius 3 is 2.80 bits per heavy atom. The maximum absolute atomic E-state index is 5.57. The molecule has 128 valence electrons. The van der Waals surface area contributed by atoms with Gasteiger partial charge in [-0.3, -0.25) is 0 Å². The molecule has 0 fully saturated rings. The van der Waals surface area contributed by atoms with Crippen LogP contribution in [0.3, 0.4) is 0 Å². The minimum Gasteiger partial charge on any atom is -0.497 e. The molecule has 0 saturated carbocycles. The summed E-state index contributed by atoms with van der Waals surface area (Å²) in [4.78, 5) is 4.38. The van der Waals surface area contributed by atoms with Crippen LogP contribution in [0.25, 0.3) is 0 Å². The SMILES string of the molecule is COc1cccc([C@H]2C[C@H](c3ccccc3OC)n3ncnc3N2)c1. The van der Waals surface area contributed by atoms with Gasteiger partial charge in [-0.15, -0.1) is 0 Å². The zero-order valence-corrected chi connectivity index (χ0v) is 14.2. The molecular formula is C19H20N4O2. The van der Waals surface area contributed by atoms with Gasteiger partial charge in [-0.05, 0) is 30.2 Å². The van der Waals surface area contributed by atoms with Crippen molar-refractivity contribution in [3.63, 3.8) is 0 Å². The highest BCUT2D eigenvalue weighted by Crippen LogP contribution is 2.40. The molecule has 0 amide bonds. The number of para-hydroxylation sites is 1. The van der Waals surface area contributed by atoms with Crippen molar-refractivity contribution >= 4 is 5.95 Å². The molecule has 2 aromatic carbocycles. The standard InChI is InChI=1S/C19H20N4O2/c1-24-14-7-5-6-13(10-14)16-11-17(23-19(22-16)20-12-21-23)15-8-3-4-9-18(15)25-2/h3-10,12,16-17H,11H2,1-2H3,(H,20,21,22)/t16-,17-/m1/s1. The molecule has 0 radical (unpaired) electrons. The van der Waals surface area contributed by atoms with E-state index in [2.05, 4.69) is 33.6 Å². The lowest BCUT2D eigenvalue weighted by molar-refractivity contribution is 0.379. The van der Waals surface area contributed by atoms with Crippen LogP contribution in [0, 0.1) is 0 Å². The molecule has 0 unspecified atom stereocenters. The van der Waals surface area contributed by atoms with Gasteiger partial charge in [-0.25, -0.2) is 4.68 Å². The summed E-state index contributed by atoms with van der Waals surface area (Å²) in [6.45, 7) is 0. The highest BCUT2D eigenvalue weighted by atomic mass is 16.5. The Bertz CT molecular complexity index is 877. The Labute approximate surface area is 146 Å². The van der Waals surface area contributed by atoms with Crippen molar-refractivity contribution < 1.29 is 9.47 Å². The number of anilines is 1. The van der Waals surface area contributed by atoms with Crippen molar-refractivity contribution in [1.29, 1.82) is 0 Å². The van der Waals surface area contributed by atoms with E-state index in [9.17, 15) is 0 Å². The molecule has 1 N–H and O–H groups in total. The largest absolute Gasteiger partial charge is 0.497 e. The molecular weight excluding hydrogens is 316 g/mol. The van der Waals surface area contributed by atoms with Crippen molar-refractivity contribution in [3.8, 4) is 11.5 Å². The molecule has 1 aliphatic rings. The van der Waals surface area contributed by atoms with Crippen LogP contribution >= 0.6 is 0 Å². The fourth-order valence-corrected chi connectivity index (χ4v) is 3.40. The van der Waals surface area contributed by atoms with Gasteiger partial charge in [0.05, 0.1) is 26.3 Å². The first-order valence-electron chi connectivity index (χ1n) is 8.23. The van der Waals surface area contributed by atoms with E-state index in [0.29, 0.717) is 0 Å². The van der Waals surface area contributed by atoms with E-state index in [-0.39, 0.29) is 12.1 Å². The Morgan fingerprint density at radius 1 is 1.08 bits per heavy atom. The summed E-state index contributed by atoms with van der Waals surface area (Å²) in [5.74, 6) is 2.47. The Hall–Kier alpha value is -3.02. The van der Waals surface area contributed by atoms with E-state index < -0.39 is 0 Å². The molecule has 6 nitrogen and oxygen atoms in total. The molecule has 0 aliphatic carbocycles. The van der Waals surface area contributed by atoms with Crippen LogP contribution in [0.5, 0.6) is 11.5 Å². The number of hydrogen-bond donors (Lipinski definition) is 1. The molecule has 0 saturated heterocycles. The van der Waals surface area contributed by atoms with Gasteiger partial charge in [0, 0.05) is 5.56 Å². The highest BCUT2D eigenvalue weighted by Gasteiger charge is 2.31. The number of nitrogens with one attached hydrogen (secondary N) is 1. The maximum Gasteiger partial charge on any atom is 0.222 e. The quantitative estimate of drug-likeness (QED) is 0.791. The fourth-order valence-electron chi connectivity index (χ4n) is 3.40. The Morgan fingerprint density at radius 2 is 1.96 bits per heavy atom. The molecule has 6 heteroatoms. The number of aromatic nitrogens is 3. The minimum absolute atomic E-state index is 0.0473. The lowest BCUT2D eigenvalue weighted by Crippen LogP contribution is -2.28. The van der Waals surface area contributed by atoms with Crippen LogP contribution in [0.15, 0.2) is 54.9 Å². The van der Waals surface area contributed by atoms with Crippen LogP contribution < -0.4 is 14.8 Å². The smallest absolute Gasteiger partial charge is 0.222 e. The molecule has 4 rings (SSSR count). The van der Waals surface area contributed by atoms with E-state index in [4.69, 9.17) is 9.47 Å². The average Bonchev–Trinajstić information content (AvgIpc) is 3.16. The monoisotopic (exact) mass is 336 g/mol. The summed E-state index contributed by atoms with van der Waals surface area (Å²) in [7, 11) is 3.38. The predicted octanol–water partition coefficient (Wildman–Crippen LogP) is 3.44. The Kier molecular flexibility index (Phi) is 4.01. The van der Waals surface area contributed by atoms with E-state index in [1.54, 1.807) is 20.5 Å². The van der Waals surface area contributed by atoms with Crippen LogP contribution in [0.4, 0.5) is 5.95 Å². The molecule has 25 heavy (non-hydrogen) atoms. The third-order valence-electron chi connectivity index (χ3n) is 4.62. The van der Waals surface area contributed by atoms with Crippen LogP contribution in [-0.2, 0) is 0 Å². The number of benzene rings is 2. The molecule has 2 heterocycles. The van der Waals surface area contributed by atoms with Crippen molar-refractivity contribution in [2.75, 3.05) is 19.5 Å². The first-order chi connectivity index (χ1) is 12.3. The zero-order chi connectivity index (χ0) is 17.2. The van der Waals surface area contributed by atoms with Gasteiger partial charge < -0.3 is 14.8 Å². The minimum atomic E-state index is 0.0473. The average molecular weight is 336 g/mol. The second kappa shape index (κ2) is 6.47. The van der Waals surface area contributed by atoms with Gasteiger partial charge >= 0.3 is 0 Å². The van der Waals surface area contributed by atoms with Gasteiger partial charge in [0.15, 0.2) is 0 Å². The zero-order valence-electron chi connectivity index (χ0n) is 14.2. The van der Waals surface area contributed by atoms with E-state index in [1.165, 1.54) is 0 Å². The third kappa shape index (κ3) is 2.80. The van der Waals surface area contributed by atoms with Crippen LogP contribution in [0.1, 0.15) is 29.6 Å². The van der Waals surface area contributed by atoms with Crippen molar-refractivity contribution in [3.05, 3.63) is 66.0 Å². The van der Waals surface area contributed by atoms with Gasteiger partial charge in [0.1, 0.15) is 17.8 Å². The van der Waals surface area contributed by atoms with Crippen LogP contribution in [-0.4, -0.2) is 29.0 Å². The summed E-state index contributed by atoms with van der Waals surface area (Å²) in [5, 5.41) is 7.89.